The molecule has 3 rings (SSSR count). The summed E-state index contributed by atoms with van der Waals surface area (Å²) >= 11 is 0. The van der Waals surface area contributed by atoms with Crippen LogP contribution in [-0.2, 0) is 4.79 Å². The Morgan fingerprint density at radius 1 is 1.25 bits per heavy atom. The Kier molecular flexibility index (Phi) is 2.83. The Morgan fingerprint density at radius 3 is 2.35 bits per heavy atom. The van der Waals surface area contributed by atoms with Gasteiger partial charge in [-0.2, -0.15) is 13.2 Å². The third-order valence-corrected chi connectivity index (χ3v) is 4.12. The van der Waals surface area contributed by atoms with E-state index in [4.69, 9.17) is 0 Å². The van der Waals surface area contributed by atoms with Gasteiger partial charge in [-0.3, -0.25) is 10.1 Å². The van der Waals surface area contributed by atoms with Crippen LogP contribution in [0.1, 0.15) is 31.4 Å². The fraction of sp³-hybridized carbons (Fsp3) is 0.500. The van der Waals surface area contributed by atoms with Crippen molar-refractivity contribution in [3.8, 4) is 0 Å². The molecule has 1 saturated heterocycles. The van der Waals surface area contributed by atoms with Crippen molar-refractivity contribution < 1.29 is 18.0 Å². The molecule has 1 aromatic rings. The van der Waals surface area contributed by atoms with Gasteiger partial charge in [0.05, 0.1) is 6.17 Å². The van der Waals surface area contributed by atoms with Crippen LogP contribution in [0, 0.1) is 0 Å². The number of nitrogens with one attached hydrogen (secondary N) is 1. The highest BCUT2D eigenvalue weighted by Gasteiger charge is 2.70. The molecular formula is C14H15F3N2O. The third kappa shape index (κ3) is 1.82. The lowest BCUT2D eigenvalue weighted by molar-refractivity contribution is -0.201. The van der Waals surface area contributed by atoms with Crippen molar-refractivity contribution in [3.05, 3.63) is 35.9 Å². The molecular weight excluding hydrogens is 269 g/mol. The van der Waals surface area contributed by atoms with Crippen molar-refractivity contribution in [1.82, 2.24) is 10.2 Å². The molecule has 2 unspecified atom stereocenters. The van der Waals surface area contributed by atoms with Crippen molar-refractivity contribution in [3.63, 3.8) is 0 Å². The Balaban J connectivity index is 1.91. The number of hydrogen-bond acceptors (Lipinski definition) is 2. The molecule has 1 N–H and O–H groups in total. The minimum atomic E-state index is -4.37. The summed E-state index contributed by atoms with van der Waals surface area (Å²) in [5.41, 5.74) is -1.26. The number of carbonyl (C=O) groups is 1. The number of benzene rings is 1. The first-order valence-corrected chi connectivity index (χ1v) is 6.58. The maximum atomic E-state index is 13.2. The number of rotatable bonds is 2. The second-order valence-electron chi connectivity index (χ2n) is 5.42. The lowest BCUT2D eigenvalue weighted by Gasteiger charge is -2.32. The smallest absolute Gasteiger partial charge is 0.311 e. The minimum Gasteiger partial charge on any atom is -0.311 e. The number of carbonyl (C=O) groups excluding carboxylic acids is 1. The first kappa shape index (κ1) is 13.4. The first-order chi connectivity index (χ1) is 9.37. The molecule has 0 spiro atoms. The second-order valence-corrected chi connectivity index (χ2v) is 5.42. The van der Waals surface area contributed by atoms with Gasteiger partial charge in [-0.1, -0.05) is 30.3 Å². The van der Waals surface area contributed by atoms with Gasteiger partial charge in [0.25, 0.3) is 0 Å². The van der Waals surface area contributed by atoms with Crippen LogP contribution < -0.4 is 5.32 Å². The molecule has 0 radical (unpaired) electrons. The van der Waals surface area contributed by atoms with Gasteiger partial charge in [0, 0.05) is 0 Å². The second kappa shape index (κ2) is 4.22. The molecule has 0 bridgehead atoms. The highest BCUT2D eigenvalue weighted by Crippen LogP contribution is 2.55. The summed E-state index contributed by atoms with van der Waals surface area (Å²) in [6.07, 6.45) is -4.99. The molecule has 1 aliphatic heterocycles. The molecule has 2 fully saturated rings. The van der Waals surface area contributed by atoms with Crippen LogP contribution in [0.15, 0.2) is 30.3 Å². The molecule has 6 heteroatoms. The Hall–Kier alpha value is -1.56. The van der Waals surface area contributed by atoms with E-state index in [9.17, 15) is 18.0 Å². The largest absolute Gasteiger partial charge is 0.411 e. The maximum absolute atomic E-state index is 13.2. The zero-order valence-electron chi connectivity index (χ0n) is 10.9. The van der Waals surface area contributed by atoms with E-state index in [0.29, 0.717) is 5.56 Å². The molecule has 2 aliphatic rings. The van der Waals surface area contributed by atoms with Crippen molar-refractivity contribution in [2.45, 2.75) is 43.7 Å². The Bertz CT molecular complexity index is 525. The molecule has 1 saturated carbocycles. The van der Waals surface area contributed by atoms with Crippen LogP contribution in [-0.4, -0.2) is 28.7 Å². The Labute approximate surface area is 114 Å². The topological polar surface area (TPSA) is 32.3 Å². The van der Waals surface area contributed by atoms with Crippen LogP contribution in [0.2, 0.25) is 0 Å². The summed E-state index contributed by atoms with van der Waals surface area (Å²) in [6, 6.07) is 8.16. The predicted molar refractivity (Wildman–Crippen MR) is 66.6 cm³/mol. The van der Waals surface area contributed by atoms with E-state index in [1.165, 1.54) is 0 Å². The normalized spacial score (nSPS) is 28.8. The van der Waals surface area contributed by atoms with Gasteiger partial charge in [0.15, 0.2) is 0 Å². The minimum absolute atomic E-state index is 0.00420. The lowest BCUT2D eigenvalue weighted by Crippen LogP contribution is -2.53. The molecule has 0 aromatic heterocycles. The fourth-order valence-corrected chi connectivity index (χ4v) is 2.96. The summed E-state index contributed by atoms with van der Waals surface area (Å²) in [4.78, 5) is 13.4. The van der Waals surface area contributed by atoms with Gasteiger partial charge in [0.2, 0.25) is 5.91 Å². The number of nitrogens with zero attached hydrogens (tertiary/aromatic N) is 1. The zero-order chi connectivity index (χ0) is 14.5. The van der Waals surface area contributed by atoms with Crippen molar-refractivity contribution in [1.29, 1.82) is 0 Å². The van der Waals surface area contributed by atoms with E-state index in [0.717, 1.165) is 4.90 Å². The number of halogens is 3. The molecule has 108 valence electrons. The van der Waals surface area contributed by atoms with E-state index in [-0.39, 0.29) is 12.8 Å². The third-order valence-electron chi connectivity index (χ3n) is 4.12. The summed E-state index contributed by atoms with van der Waals surface area (Å²) in [6.45, 7) is 1.60. The SMILES string of the molecule is CC1NC(c2ccccc2)C(=O)N1C1(C(F)(F)F)CC1. The van der Waals surface area contributed by atoms with Gasteiger partial charge >= 0.3 is 6.18 Å². The summed E-state index contributed by atoms with van der Waals surface area (Å²) in [5, 5.41) is 2.96. The van der Waals surface area contributed by atoms with E-state index in [1.807, 2.05) is 6.07 Å². The van der Waals surface area contributed by atoms with Crippen molar-refractivity contribution in [2.24, 2.45) is 0 Å². The van der Waals surface area contributed by atoms with Crippen molar-refractivity contribution in [2.75, 3.05) is 0 Å². The average molecular weight is 284 g/mol. The van der Waals surface area contributed by atoms with E-state index >= 15 is 0 Å². The van der Waals surface area contributed by atoms with Gasteiger partial charge in [-0.25, -0.2) is 0 Å². The van der Waals surface area contributed by atoms with Gasteiger partial charge in [-0.05, 0) is 25.3 Å². The highest BCUT2D eigenvalue weighted by atomic mass is 19.4. The molecule has 1 amide bonds. The zero-order valence-corrected chi connectivity index (χ0v) is 10.9. The fourth-order valence-electron chi connectivity index (χ4n) is 2.96. The highest BCUT2D eigenvalue weighted by molar-refractivity contribution is 5.87. The number of alkyl halides is 3. The molecule has 1 aromatic carbocycles. The van der Waals surface area contributed by atoms with E-state index in [1.54, 1.807) is 31.2 Å². The van der Waals surface area contributed by atoms with E-state index < -0.39 is 29.8 Å². The summed E-state index contributed by atoms with van der Waals surface area (Å²) < 4.78 is 39.6. The van der Waals surface area contributed by atoms with Crippen LogP contribution >= 0.6 is 0 Å². The molecule has 1 heterocycles. The van der Waals surface area contributed by atoms with Crippen molar-refractivity contribution >= 4 is 5.91 Å². The monoisotopic (exact) mass is 284 g/mol. The van der Waals surface area contributed by atoms with Gasteiger partial charge in [-0.15, -0.1) is 0 Å². The Morgan fingerprint density at radius 2 is 1.85 bits per heavy atom. The van der Waals surface area contributed by atoms with Gasteiger partial charge in [0.1, 0.15) is 11.6 Å². The van der Waals surface area contributed by atoms with Gasteiger partial charge < -0.3 is 4.90 Å². The lowest BCUT2D eigenvalue weighted by atomic mass is 10.1. The van der Waals surface area contributed by atoms with E-state index in [2.05, 4.69) is 5.32 Å². The molecule has 1 aliphatic carbocycles. The van der Waals surface area contributed by atoms with Crippen LogP contribution in [0.5, 0.6) is 0 Å². The van der Waals surface area contributed by atoms with Crippen LogP contribution in [0.25, 0.3) is 0 Å². The first-order valence-electron chi connectivity index (χ1n) is 6.58. The standard InChI is InChI=1S/C14H15F3N2O/c1-9-18-11(10-5-3-2-4-6-10)12(20)19(9)13(7-8-13)14(15,16)17/h2-6,9,11,18H,7-8H2,1H3. The predicted octanol–water partition coefficient (Wildman–Crippen LogP) is 2.60. The maximum Gasteiger partial charge on any atom is 0.411 e. The molecule has 2 atom stereocenters. The number of amides is 1. The average Bonchev–Trinajstić information content (AvgIpc) is 3.13. The molecule has 20 heavy (non-hydrogen) atoms. The number of hydrogen-bond donors (Lipinski definition) is 1. The summed E-state index contributed by atoms with van der Waals surface area (Å²) in [5.74, 6) is -0.487. The molecule has 3 nitrogen and oxygen atoms in total. The van der Waals surface area contributed by atoms with Crippen LogP contribution in [0.3, 0.4) is 0 Å². The van der Waals surface area contributed by atoms with Crippen LogP contribution in [0.4, 0.5) is 13.2 Å². The summed E-state index contributed by atoms with van der Waals surface area (Å²) in [7, 11) is 0. The quantitative estimate of drug-likeness (QED) is 0.905.